The lowest BCUT2D eigenvalue weighted by molar-refractivity contribution is -0.151. The highest BCUT2D eigenvalue weighted by molar-refractivity contribution is 7.99. The summed E-state index contributed by atoms with van der Waals surface area (Å²) in [4.78, 5) is 58.0. The van der Waals surface area contributed by atoms with Gasteiger partial charge in [-0.2, -0.15) is 0 Å². The summed E-state index contributed by atoms with van der Waals surface area (Å²) in [7, 11) is 0. The van der Waals surface area contributed by atoms with Crippen LogP contribution in [0.5, 0.6) is 0 Å². The average molecular weight is 929 g/mol. The second kappa shape index (κ2) is 23.1. The number of thioether (sulfide) groups is 4. The van der Waals surface area contributed by atoms with Gasteiger partial charge in [-0.15, -0.1) is 47.0 Å². The molecule has 2 aliphatic carbocycles. The zero-order chi connectivity index (χ0) is 45.0. The van der Waals surface area contributed by atoms with E-state index in [1.54, 1.807) is 95.6 Å². The fourth-order valence-corrected chi connectivity index (χ4v) is 10.7. The van der Waals surface area contributed by atoms with Gasteiger partial charge in [0.05, 0.1) is 0 Å². The highest BCUT2D eigenvalue weighted by Crippen LogP contribution is 2.40. The van der Waals surface area contributed by atoms with Gasteiger partial charge >= 0.3 is 11.9 Å². The number of hydrogen-bond acceptors (Lipinski definition) is 12. The van der Waals surface area contributed by atoms with Crippen molar-refractivity contribution in [2.75, 3.05) is 38.2 Å². The van der Waals surface area contributed by atoms with E-state index in [2.05, 4.69) is 0 Å². The zero-order valence-electron chi connectivity index (χ0n) is 36.7. The SMILES string of the molecule is CSc1ccc(C(=O)C(O)(COC(=O)CC2CCC(CC3CCC(CC(=O)OCC(O)(C(=O)c4ccc(SC)cc4)c4ccc(SC)cc4)CC3)CC2)c2ccc(SC)cc2)cc1. The maximum Gasteiger partial charge on any atom is 0.306 e. The van der Waals surface area contributed by atoms with Gasteiger partial charge in [0.2, 0.25) is 11.6 Å². The fourth-order valence-electron chi connectivity index (χ4n) is 9.03. The largest absolute Gasteiger partial charge is 0.462 e. The number of rotatable bonds is 20. The Morgan fingerprint density at radius 2 is 0.730 bits per heavy atom. The Balaban J connectivity index is 0.940. The molecule has 2 N–H and O–H groups in total. The third-order valence-corrected chi connectivity index (χ3v) is 16.0. The predicted octanol–water partition coefficient (Wildman–Crippen LogP) is 11.3. The molecular formula is C51H60O8S4. The number of esters is 2. The zero-order valence-corrected chi connectivity index (χ0v) is 40.0. The molecule has 0 aliphatic heterocycles. The highest BCUT2D eigenvalue weighted by Gasteiger charge is 2.42. The number of ketones is 2. The Morgan fingerprint density at radius 3 is 1.02 bits per heavy atom. The van der Waals surface area contributed by atoms with Crippen LogP contribution in [-0.4, -0.2) is 72.0 Å². The van der Waals surface area contributed by atoms with Crippen molar-refractivity contribution in [1.82, 2.24) is 0 Å². The molecule has 0 saturated heterocycles. The molecule has 2 saturated carbocycles. The number of carbonyl (C=O) groups excluding carboxylic acids is 4. The normalized spacial score (nSPS) is 20.8. The Kier molecular flexibility index (Phi) is 17.9. The Labute approximate surface area is 389 Å². The molecule has 2 unspecified atom stereocenters. The van der Waals surface area contributed by atoms with Gasteiger partial charge in [-0.1, -0.05) is 74.2 Å². The smallest absolute Gasteiger partial charge is 0.306 e. The van der Waals surface area contributed by atoms with Crippen LogP contribution in [0.15, 0.2) is 117 Å². The van der Waals surface area contributed by atoms with Gasteiger partial charge in [0.25, 0.3) is 0 Å². The van der Waals surface area contributed by atoms with Crippen LogP contribution >= 0.6 is 47.0 Å². The lowest BCUT2D eigenvalue weighted by Gasteiger charge is -2.34. The molecule has 0 radical (unpaired) electrons. The van der Waals surface area contributed by atoms with Crippen LogP contribution in [0.1, 0.15) is 102 Å². The van der Waals surface area contributed by atoms with Crippen molar-refractivity contribution in [3.8, 4) is 0 Å². The fraction of sp³-hybridized carbons (Fsp3) is 0.451. The molecule has 12 heteroatoms. The van der Waals surface area contributed by atoms with Crippen LogP contribution in [0.4, 0.5) is 0 Å². The van der Waals surface area contributed by atoms with Crippen LogP contribution in [0.2, 0.25) is 0 Å². The first-order valence-electron chi connectivity index (χ1n) is 21.8. The van der Waals surface area contributed by atoms with E-state index in [1.807, 2.05) is 73.6 Å². The van der Waals surface area contributed by atoms with Crippen molar-refractivity contribution in [2.24, 2.45) is 23.7 Å². The van der Waals surface area contributed by atoms with Gasteiger partial charge in [0.1, 0.15) is 13.2 Å². The summed E-state index contributed by atoms with van der Waals surface area (Å²) < 4.78 is 11.4. The van der Waals surface area contributed by atoms with Crippen LogP contribution in [-0.2, 0) is 30.3 Å². The van der Waals surface area contributed by atoms with Crippen molar-refractivity contribution in [1.29, 1.82) is 0 Å². The lowest BCUT2D eigenvalue weighted by Crippen LogP contribution is -2.41. The minimum absolute atomic E-state index is 0.197. The molecule has 6 rings (SSSR count). The van der Waals surface area contributed by atoms with Crippen LogP contribution in [0.3, 0.4) is 0 Å². The first kappa shape index (κ1) is 48.9. The number of Topliss-reactive ketones (excluding diaryl/α,β-unsaturated/α-hetero) is 2. The number of hydrogen-bond donors (Lipinski definition) is 2. The summed E-state index contributed by atoms with van der Waals surface area (Å²) in [5.74, 6) is -0.245. The van der Waals surface area contributed by atoms with Crippen molar-refractivity contribution in [3.63, 3.8) is 0 Å². The van der Waals surface area contributed by atoms with E-state index in [1.165, 1.54) is 0 Å². The Bertz CT molecular complexity index is 1970. The standard InChI is InChI=1S/C51H60O8S4/c1-60-42-21-13-38(14-22-42)48(54)50(56,40-17-25-44(62-3)26-18-40)32-58-46(52)30-36-9-5-34(6-10-36)29-35-7-11-37(12-8-35)31-47(53)59-33-51(57,41-19-27-45(63-4)28-20-41)49(55)39-15-23-43(61-2)24-16-39/h13-28,34-37,56-57H,5-12,29-33H2,1-4H3. The number of ether oxygens (including phenoxy) is 2. The monoisotopic (exact) mass is 928 g/mol. The van der Waals surface area contributed by atoms with Crippen molar-refractivity contribution in [2.45, 2.75) is 101 Å². The highest BCUT2D eigenvalue weighted by atomic mass is 32.2. The molecule has 2 atom stereocenters. The van der Waals surface area contributed by atoms with E-state index in [-0.39, 0.29) is 24.7 Å². The second-order valence-electron chi connectivity index (χ2n) is 17.0. The summed E-state index contributed by atoms with van der Waals surface area (Å²) in [5, 5.41) is 23.8. The topological polar surface area (TPSA) is 127 Å². The van der Waals surface area contributed by atoms with Gasteiger partial charge in [-0.25, -0.2) is 0 Å². The number of benzene rings is 4. The number of carbonyl (C=O) groups is 4. The minimum atomic E-state index is -2.02. The van der Waals surface area contributed by atoms with Gasteiger partial charge in [-0.3, -0.25) is 19.2 Å². The molecule has 8 nitrogen and oxygen atoms in total. The molecule has 63 heavy (non-hydrogen) atoms. The molecule has 336 valence electrons. The third-order valence-electron chi connectivity index (χ3n) is 13.0. The summed E-state index contributed by atoms with van der Waals surface area (Å²) in [5.41, 5.74) is -2.55. The molecular weight excluding hydrogens is 869 g/mol. The molecule has 0 aromatic heterocycles. The molecule has 0 heterocycles. The molecule has 0 bridgehead atoms. The number of aliphatic hydroxyl groups is 2. The Hall–Kier alpha value is -3.52. The van der Waals surface area contributed by atoms with Crippen LogP contribution in [0, 0.1) is 23.7 Å². The minimum Gasteiger partial charge on any atom is -0.462 e. The lowest BCUT2D eigenvalue weighted by atomic mass is 9.72. The maximum absolute atomic E-state index is 13.8. The maximum atomic E-state index is 13.8. The molecule has 0 spiro atoms. The van der Waals surface area contributed by atoms with E-state index in [4.69, 9.17) is 9.47 Å². The van der Waals surface area contributed by atoms with E-state index in [0.717, 1.165) is 77.4 Å². The molecule has 2 fully saturated rings. The van der Waals surface area contributed by atoms with Crippen LogP contribution in [0.25, 0.3) is 0 Å². The first-order chi connectivity index (χ1) is 30.4. The Morgan fingerprint density at radius 1 is 0.460 bits per heavy atom. The first-order valence-corrected chi connectivity index (χ1v) is 26.7. The van der Waals surface area contributed by atoms with E-state index in [0.29, 0.717) is 34.1 Å². The van der Waals surface area contributed by atoms with Crippen molar-refractivity contribution >= 4 is 70.6 Å². The third kappa shape index (κ3) is 12.9. The summed E-state index contributed by atoms with van der Waals surface area (Å²) in [6.45, 7) is -0.906. The molecule has 4 aromatic carbocycles. The van der Waals surface area contributed by atoms with E-state index >= 15 is 0 Å². The van der Waals surface area contributed by atoms with Crippen molar-refractivity contribution < 1.29 is 38.9 Å². The summed E-state index contributed by atoms with van der Waals surface area (Å²) in [6, 6.07) is 28.5. The van der Waals surface area contributed by atoms with Gasteiger partial charge in [-0.05, 0) is 140 Å². The van der Waals surface area contributed by atoms with E-state index < -0.39 is 47.9 Å². The average Bonchev–Trinajstić information content (AvgIpc) is 3.33. The van der Waals surface area contributed by atoms with Crippen LogP contribution < -0.4 is 0 Å². The summed E-state index contributed by atoms with van der Waals surface area (Å²) >= 11 is 6.26. The predicted molar refractivity (Wildman–Crippen MR) is 256 cm³/mol. The second-order valence-corrected chi connectivity index (χ2v) is 20.6. The van der Waals surface area contributed by atoms with Gasteiger partial charge in [0, 0.05) is 43.6 Å². The van der Waals surface area contributed by atoms with Crippen molar-refractivity contribution in [3.05, 3.63) is 119 Å². The quantitative estimate of drug-likeness (QED) is 0.0498. The molecule has 2 aliphatic rings. The molecule has 4 aromatic rings. The molecule has 0 amide bonds. The van der Waals surface area contributed by atoms with E-state index in [9.17, 15) is 29.4 Å². The van der Waals surface area contributed by atoms with Gasteiger partial charge < -0.3 is 19.7 Å². The van der Waals surface area contributed by atoms with Gasteiger partial charge in [0.15, 0.2) is 11.2 Å². The summed E-state index contributed by atoms with van der Waals surface area (Å²) in [6.07, 6.45) is 17.4.